The van der Waals surface area contributed by atoms with Gasteiger partial charge in [-0.25, -0.2) is 0 Å². The summed E-state index contributed by atoms with van der Waals surface area (Å²) in [5.74, 6) is 1.98. The van der Waals surface area contributed by atoms with Crippen molar-refractivity contribution in [1.82, 2.24) is 15.5 Å². The van der Waals surface area contributed by atoms with Crippen LogP contribution in [0.25, 0.3) is 0 Å². The number of ether oxygens (including phenoxy) is 1. The summed E-state index contributed by atoms with van der Waals surface area (Å²) < 4.78 is 11.1. The minimum absolute atomic E-state index is 0.481. The molecule has 0 aromatic carbocycles. The van der Waals surface area contributed by atoms with Crippen molar-refractivity contribution in [2.45, 2.75) is 64.5 Å². The lowest BCUT2D eigenvalue weighted by molar-refractivity contribution is -0.0221. The Bertz CT molecular complexity index is 417. The predicted molar refractivity (Wildman–Crippen MR) is 77.5 cm³/mol. The third kappa shape index (κ3) is 3.58. The van der Waals surface area contributed by atoms with Crippen LogP contribution in [0.5, 0.6) is 0 Å². The average Bonchev–Trinajstić information content (AvgIpc) is 2.89. The molecule has 5 heteroatoms. The number of rotatable bonds is 6. The van der Waals surface area contributed by atoms with E-state index in [1.807, 2.05) is 27.8 Å². The highest BCUT2D eigenvalue weighted by atomic mass is 16.5. The summed E-state index contributed by atoms with van der Waals surface area (Å²) in [6.07, 6.45) is 5.95. The molecule has 0 aliphatic heterocycles. The molecule has 1 aliphatic rings. The molecule has 0 saturated heterocycles. The van der Waals surface area contributed by atoms with E-state index in [0.29, 0.717) is 24.4 Å². The van der Waals surface area contributed by atoms with E-state index in [4.69, 9.17) is 9.26 Å². The van der Waals surface area contributed by atoms with Crippen molar-refractivity contribution in [3.8, 4) is 0 Å². The molecule has 1 aromatic rings. The number of aromatic nitrogens is 2. The molecule has 2 unspecified atom stereocenters. The highest BCUT2D eigenvalue weighted by molar-refractivity contribution is 4.99. The van der Waals surface area contributed by atoms with Crippen LogP contribution >= 0.6 is 0 Å². The van der Waals surface area contributed by atoms with Gasteiger partial charge in [0.2, 0.25) is 11.7 Å². The lowest BCUT2D eigenvalue weighted by atomic mass is 9.82. The van der Waals surface area contributed by atoms with E-state index >= 15 is 0 Å². The molecule has 114 valence electrons. The van der Waals surface area contributed by atoms with Crippen LogP contribution in [-0.4, -0.2) is 29.8 Å². The molecule has 1 saturated carbocycles. The molecule has 0 spiro atoms. The zero-order chi connectivity index (χ0) is 14.6. The Hall–Kier alpha value is -0.940. The fraction of sp³-hybridized carbons (Fsp3) is 0.867. The maximum atomic E-state index is 5.66. The first-order valence-electron chi connectivity index (χ1n) is 7.71. The molecule has 1 fully saturated rings. The third-order valence-corrected chi connectivity index (χ3v) is 4.23. The van der Waals surface area contributed by atoms with Crippen LogP contribution in [0, 0.1) is 5.92 Å². The Kier molecular flexibility index (Phi) is 5.16. The lowest BCUT2D eigenvalue weighted by Crippen LogP contribution is -2.37. The van der Waals surface area contributed by atoms with Gasteiger partial charge >= 0.3 is 0 Å². The topological polar surface area (TPSA) is 60.2 Å². The largest absolute Gasteiger partial charge is 0.368 e. The highest BCUT2D eigenvalue weighted by Gasteiger charge is 2.29. The monoisotopic (exact) mass is 281 g/mol. The van der Waals surface area contributed by atoms with Crippen molar-refractivity contribution in [2.75, 3.05) is 13.7 Å². The van der Waals surface area contributed by atoms with E-state index in [0.717, 1.165) is 12.3 Å². The third-order valence-electron chi connectivity index (χ3n) is 4.23. The van der Waals surface area contributed by atoms with Crippen LogP contribution in [0.15, 0.2) is 4.52 Å². The summed E-state index contributed by atoms with van der Waals surface area (Å²) in [6.45, 7) is 6.56. The summed E-state index contributed by atoms with van der Waals surface area (Å²) in [7, 11) is 2.04. The zero-order valence-corrected chi connectivity index (χ0v) is 13.1. The lowest BCUT2D eigenvalue weighted by Gasteiger charge is -2.30. The minimum Gasteiger partial charge on any atom is -0.368 e. The fourth-order valence-corrected chi connectivity index (χ4v) is 3.06. The molecule has 2 atom stereocenters. The second kappa shape index (κ2) is 6.68. The van der Waals surface area contributed by atoms with Gasteiger partial charge in [-0.05, 0) is 46.6 Å². The molecule has 1 N–H and O–H groups in total. The van der Waals surface area contributed by atoms with Crippen molar-refractivity contribution < 1.29 is 9.26 Å². The van der Waals surface area contributed by atoms with Crippen molar-refractivity contribution >= 4 is 0 Å². The van der Waals surface area contributed by atoms with Gasteiger partial charge in [0.15, 0.2) is 0 Å². The molecule has 1 heterocycles. The van der Waals surface area contributed by atoms with Gasteiger partial charge < -0.3 is 14.6 Å². The fourth-order valence-electron chi connectivity index (χ4n) is 3.06. The SMILES string of the molecule is CCOC(C)(C)c1noc(CC2CCCCC2NC)n1. The molecule has 1 aromatic heterocycles. The van der Waals surface area contributed by atoms with Crippen molar-refractivity contribution in [3.63, 3.8) is 0 Å². The van der Waals surface area contributed by atoms with Gasteiger partial charge in [-0.15, -0.1) is 0 Å². The Morgan fingerprint density at radius 3 is 2.80 bits per heavy atom. The Balaban J connectivity index is 2.02. The second-order valence-corrected chi connectivity index (χ2v) is 6.10. The van der Waals surface area contributed by atoms with Crippen LogP contribution in [-0.2, 0) is 16.8 Å². The van der Waals surface area contributed by atoms with Crippen LogP contribution in [0.4, 0.5) is 0 Å². The van der Waals surface area contributed by atoms with Crippen molar-refractivity contribution in [3.05, 3.63) is 11.7 Å². The van der Waals surface area contributed by atoms with E-state index in [1.54, 1.807) is 0 Å². The van der Waals surface area contributed by atoms with E-state index < -0.39 is 5.60 Å². The van der Waals surface area contributed by atoms with E-state index in [1.165, 1.54) is 25.7 Å². The molecule has 2 rings (SSSR count). The number of hydrogen-bond donors (Lipinski definition) is 1. The summed E-state index contributed by atoms with van der Waals surface area (Å²) >= 11 is 0. The summed E-state index contributed by atoms with van der Waals surface area (Å²) in [5, 5.41) is 7.51. The second-order valence-electron chi connectivity index (χ2n) is 6.10. The number of nitrogens with zero attached hydrogens (tertiary/aromatic N) is 2. The molecular formula is C15H27N3O2. The highest BCUT2D eigenvalue weighted by Crippen LogP contribution is 2.28. The first-order valence-corrected chi connectivity index (χ1v) is 7.71. The van der Waals surface area contributed by atoms with Crippen molar-refractivity contribution in [2.24, 2.45) is 5.92 Å². The predicted octanol–water partition coefficient (Wildman–Crippen LogP) is 2.66. The summed E-state index contributed by atoms with van der Waals surface area (Å²) in [6, 6.07) is 0.569. The van der Waals surface area contributed by atoms with Gasteiger partial charge in [0.25, 0.3) is 0 Å². The average molecular weight is 281 g/mol. The Morgan fingerprint density at radius 1 is 1.35 bits per heavy atom. The van der Waals surface area contributed by atoms with E-state index in [9.17, 15) is 0 Å². The van der Waals surface area contributed by atoms with Crippen LogP contribution in [0.3, 0.4) is 0 Å². The maximum Gasteiger partial charge on any atom is 0.227 e. The van der Waals surface area contributed by atoms with Gasteiger partial charge in [0, 0.05) is 19.1 Å². The van der Waals surface area contributed by atoms with Crippen LogP contribution in [0.1, 0.15) is 58.2 Å². The van der Waals surface area contributed by atoms with Gasteiger partial charge in [0.1, 0.15) is 5.60 Å². The molecule has 0 amide bonds. The molecule has 0 radical (unpaired) electrons. The molecule has 5 nitrogen and oxygen atoms in total. The summed E-state index contributed by atoms with van der Waals surface area (Å²) in [5.41, 5.74) is -0.481. The minimum atomic E-state index is -0.481. The standard InChI is InChI=1S/C15H27N3O2/c1-5-19-15(2,3)14-17-13(20-18-14)10-11-8-6-7-9-12(11)16-4/h11-12,16H,5-10H2,1-4H3. The Labute approximate surface area is 121 Å². The van der Waals surface area contributed by atoms with Crippen molar-refractivity contribution in [1.29, 1.82) is 0 Å². The maximum absolute atomic E-state index is 5.66. The smallest absolute Gasteiger partial charge is 0.227 e. The van der Waals surface area contributed by atoms with Gasteiger partial charge in [-0.3, -0.25) is 0 Å². The van der Waals surface area contributed by atoms with Crippen LogP contribution in [0.2, 0.25) is 0 Å². The molecule has 0 bridgehead atoms. The first-order chi connectivity index (χ1) is 9.56. The zero-order valence-electron chi connectivity index (χ0n) is 13.1. The van der Waals surface area contributed by atoms with E-state index in [2.05, 4.69) is 15.5 Å². The number of nitrogens with one attached hydrogen (secondary N) is 1. The Morgan fingerprint density at radius 2 is 2.10 bits per heavy atom. The quantitative estimate of drug-likeness (QED) is 0.868. The van der Waals surface area contributed by atoms with Crippen LogP contribution < -0.4 is 5.32 Å². The number of hydrogen-bond acceptors (Lipinski definition) is 5. The van der Waals surface area contributed by atoms with Gasteiger partial charge in [-0.2, -0.15) is 4.98 Å². The first kappa shape index (κ1) is 15.4. The molecule has 20 heavy (non-hydrogen) atoms. The van der Waals surface area contributed by atoms with Gasteiger partial charge in [-0.1, -0.05) is 18.0 Å². The molecular weight excluding hydrogens is 254 g/mol. The summed E-state index contributed by atoms with van der Waals surface area (Å²) in [4.78, 5) is 4.53. The molecule has 1 aliphatic carbocycles. The van der Waals surface area contributed by atoms with E-state index in [-0.39, 0.29) is 0 Å². The van der Waals surface area contributed by atoms with Gasteiger partial charge in [0.05, 0.1) is 0 Å². The normalized spacial score (nSPS) is 24.0.